The van der Waals surface area contributed by atoms with Gasteiger partial charge in [-0.2, -0.15) is 8.78 Å². The van der Waals surface area contributed by atoms with Crippen LogP contribution in [0.15, 0.2) is 60.7 Å². The minimum absolute atomic E-state index is 0.129. The van der Waals surface area contributed by atoms with Crippen LogP contribution >= 0.6 is 0 Å². The van der Waals surface area contributed by atoms with E-state index in [0.717, 1.165) is 11.1 Å². The summed E-state index contributed by atoms with van der Waals surface area (Å²) in [5.41, 5.74) is 1.49. The molecular formula is C23H24F4O2. The van der Waals surface area contributed by atoms with Crippen molar-refractivity contribution in [3.8, 4) is 0 Å². The summed E-state index contributed by atoms with van der Waals surface area (Å²) in [6, 6.07) is 18.6. The first-order valence-corrected chi connectivity index (χ1v) is 9.87. The van der Waals surface area contributed by atoms with Crippen molar-refractivity contribution in [2.75, 3.05) is 0 Å². The van der Waals surface area contributed by atoms with E-state index in [1.165, 1.54) is 0 Å². The largest absolute Gasteiger partial charge is 0.339 e. The Labute approximate surface area is 167 Å². The Bertz CT molecular complexity index is 791. The molecule has 2 bridgehead atoms. The van der Waals surface area contributed by atoms with Crippen LogP contribution in [0.1, 0.15) is 37.8 Å². The molecule has 0 radical (unpaired) electrons. The van der Waals surface area contributed by atoms with Crippen molar-refractivity contribution in [2.24, 2.45) is 11.8 Å². The number of hydrogen-bond acceptors (Lipinski definition) is 2. The van der Waals surface area contributed by atoms with Crippen LogP contribution in [0, 0.1) is 11.8 Å². The van der Waals surface area contributed by atoms with Crippen LogP contribution in [0.25, 0.3) is 0 Å². The second kappa shape index (κ2) is 7.10. The first kappa shape index (κ1) is 20.4. The Balaban J connectivity index is 1.75. The van der Waals surface area contributed by atoms with Crippen LogP contribution in [0.4, 0.5) is 17.6 Å². The fourth-order valence-corrected chi connectivity index (χ4v) is 4.75. The highest BCUT2D eigenvalue weighted by Gasteiger charge is 2.64. The van der Waals surface area contributed by atoms with Crippen LogP contribution in [0.2, 0.25) is 0 Å². The zero-order chi connectivity index (χ0) is 20.9. The number of alkyl halides is 4. The molecule has 0 aromatic heterocycles. The molecule has 1 saturated heterocycles. The van der Waals surface area contributed by atoms with Gasteiger partial charge in [0.05, 0.1) is 12.2 Å². The standard InChI is InChI=1S/C23H24F4O2/c1-15-19-13-18(14-20(19)23(26,27)21(2,24)25)29-22(28-15,16-9-5-3-6-10-16)17-11-7-4-8-12-17/h3-12,15,18-20H,13-14H2,1-2H3/t15?,18-,19?,20?/m0/s1. The first-order valence-electron chi connectivity index (χ1n) is 9.87. The van der Waals surface area contributed by atoms with E-state index in [4.69, 9.17) is 9.47 Å². The third-order valence-electron chi connectivity index (χ3n) is 6.21. The average molecular weight is 408 g/mol. The van der Waals surface area contributed by atoms with Crippen molar-refractivity contribution in [1.29, 1.82) is 0 Å². The van der Waals surface area contributed by atoms with Gasteiger partial charge in [-0.25, -0.2) is 8.78 Å². The maximum Gasteiger partial charge on any atom is 0.313 e. The smallest absolute Gasteiger partial charge is 0.313 e. The van der Waals surface area contributed by atoms with Crippen molar-refractivity contribution in [3.05, 3.63) is 71.8 Å². The molecule has 2 nitrogen and oxygen atoms in total. The number of halogens is 4. The Hall–Kier alpha value is -1.92. The quantitative estimate of drug-likeness (QED) is 0.577. The topological polar surface area (TPSA) is 18.5 Å². The van der Waals surface area contributed by atoms with E-state index in [9.17, 15) is 17.6 Å². The molecule has 2 aromatic carbocycles. The van der Waals surface area contributed by atoms with Crippen LogP contribution in [-0.4, -0.2) is 24.1 Å². The summed E-state index contributed by atoms with van der Waals surface area (Å²) in [6.07, 6.45) is -1.17. The van der Waals surface area contributed by atoms with Gasteiger partial charge in [-0.3, -0.25) is 0 Å². The lowest BCUT2D eigenvalue weighted by molar-refractivity contribution is -0.282. The van der Waals surface area contributed by atoms with E-state index >= 15 is 0 Å². The third kappa shape index (κ3) is 3.36. The molecule has 4 atom stereocenters. The van der Waals surface area contributed by atoms with Crippen LogP contribution in [0.5, 0.6) is 0 Å². The molecule has 4 rings (SSSR count). The summed E-state index contributed by atoms with van der Waals surface area (Å²) in [4.78, 5) is 0. The Morgan fingerprint density at radius 3 is 1.83 bits per heavy atom. The maximum absolute atomic E-state index is 14.6. The van der Waals surface area contributed by atoms with Crippen molar-refractivity contribution >= 4 is 0 Å². The summed E-state index contributed by atoms with van der Waals surface area (Å²) < 4.78 is 69.2. The molecule has 6 heteroatoms. The number of hydrogen-bond donors (Lipinski definition) is 0. The molecule has 3 unspecified atom stereocenters. The average Bonchev–Trinajstić information content (AvgIpc) is 3.05. The van der Waals surface area contributed by atoms with Gasteiger partial charge in [0.2, 0.25) is 5.79 Å². The SMILES string of the molecule is CC1OC(c2ccccc2)(c2ccccc2)O[C@H]2CC1C(C(F)(F)C(C)(F)F)C2. The summed E-state index contributed by atoms with van der Waals surface area (Å²) >= 11 is 0. The van der Waals surface area contributed by atoms with Crippen LogP contribution < -0.4 is 0 Å². The summed E-state index contributed by atoms with van der Waals surface area (Å²) in [5, 5.41) is 0. The monoisotopic (exact) mass is 408 g/mol. The van der Waals surface area contributed by atoms with Crippen LogP contribution in [0.3, 0.4) is 0 Å². The summed E-state index contributed by atoms with van der Waals surface area (Å²) in [5.74, 6) is -11.7. The highest BCUT2D eigenvalue weighted by atomic mass is 19.3. The number of rotatable bonds is 4. The van der Waals surface area contributed by atoms with E-state index in [1.807, 2.05) is 60.7 Å². The molecule has 2 fully saturated rings. The van der Waals surface area contributed by atoms with Crippen molar-refractivity contribution in [1.82, 2.24) is 0 Å². The lowest BCUT2D eigenvalue weighted by Gasteiger charge is -2.41. The van der Waals surface area contributed by atoms with E-state index in [2.05, 4.69) is 0 Å². The minimum Gasteiger partial charge on any atom is -0.339 e. The molecule has 29 heavy (non-hydrogen) atoms. The van der Waals surface area contributed by atoms with E-state index < -0.39 is 41.7 Å². The van der Waals surface area contributed by atoms with E-state index in [-0.39, 0.29) is 19.8 Å². The zero-order valence-electron chi connectivity index (χ0n) is 16.3. The predicted octanol–water partition coefficient (Wildman–Crippen LogP) is 6.01. The van der Waals surface area contributed by atoms with Gasteiger partial charge in [0.1, 0.15) is 0 Å². The van der Waals surface area contributed by atoms with Gasteiger partial charge in [0.15, 0.2) is 0 Å². The predicted molar refractivity (Wildman–Crippen MR) is 101 cm³/mol. The molecule has 1 heterocycles. The molecular weight excluding hydrogens is 384 g/mol. The van der Waals surface area contributed by atoms with Gasteiger partial charge >= 0.3 is 11.8 Å². The fraction of sp³-hybridized carbons (Fsp3) is 0.478. The molecule has 156 valence electrons. The van der Waals surface area contributed by atoms with E-state index in [0.29, 0.717) is 0 Å². The van der Waals surface area contributed by atoms with Gasteiger partial charge in [0.25, 0.3) is 0 Å². The molecule has 0 spiro atoms. The maximum atomic E-state index is 14.6. The fourth-order valence-electron chi connectivity index (χ4n) is 4.75. The highest BCUT2D eigenvalue weighted by molar-refractivity contribution is 5.34. The highest BCUT2D eigenvalue weighted by Crippen LogP contribution is 2.55. The first-order chi connectivity index (χ1) is 13.6. The Morgan fingerprint density at radius 2 is 1.34 bits per heavy atom. The lowest BCUT2D eigenvalue weighted by Crippen LogP contribution is -2.50. The van der Waals surface area contributed by atoms with Gasteiger partial charge in [-0.05, 0) is 25.7 Å². The number of fused-ring (bicyclic) bond motifs is 2. The van der Waals surface area contributed by atoms with Crippen molar-refractivity contribution < 1.29 is 27.0 Å². The van der Waals surface area contributed by atoms with Gasteiger partial charge in [-0.1, -0.05) is 60.7 Å². The molecule has 1 aliphatic carbocycles. The third-order valence-corrected chi connectivity index (χ3v) is 6.21. The summed E-state index contributed by atoms with van der Waals surface area (Å²) in [7, 11) is 0. The van der Waals surface area contributed by atoms with Crippen molar-refractivity contribution in [3.63, 3.8) is 0 Å². The lowest BCUT2D eigenvalue weighted by atomic mass is 9.83. The molecule has 1 aliphatic heterocycles. The van der Waals surface area contributed by atoms with Gasteiger partial charge in [-0.15, -0.1) is 0 Å². The number of ether oxygens (including phenoxy) is 2. The van der Waals surface area contributed by atoms with E-state index in [1.54, 1.807) is 6.92 Å². The minimum atomic E-state index is -4.12. The second-order valence-corrected chi connectivity index (χ2v) is 8.16. The van der Waals surface area contributed by atoms with Crippen molar-refractivity contribution in [2.45, 2.75) is 56.5 Å². The van der Waals surface area contributed by atoms with Gasteiger partial charge in [0, 0.05) is 24.0 Å². The molecule has 0 N–H and O–H groups in total. The van der Waals surface area contributed by atoms with Gasteiger partial charge < -0.3 is 9.47 Å². The normalized spacial score (nSPS) is 29.4. The number of benzene rings is 2. The zero-order valence-corrected chi connectivity index (χ0v) is 16.3. The van der Waals surface area contributed by atoms with Crippen LogP contribution in [-0.2, 0) is 15.3 Å². The molecule has 2 aliphatic rings. The Kier molecular flexibility index (Phi) is 4.98. The summed E-state index contributed by atoms with van der Waals surface area (Å²) in [6.45, 7) is 1.97. The molecule has 0 amide bonds. The molecule has 1 saturated carbocycles. The Morgan fingerprint density at radius 1 is 0.828 bits per heavy atom. The second-order valence-electron chi connectivity index (χ2n) is 8.16. The molecule has 2 aromatic rings.